The molecule has 0 unspecified atom stereocenters. The zero-order valence-electron chi connectivity index (χ0n) is 15.4. The Kier molecular flexibility index (Phi) is 6.06. The number of phenolic OH excluding ortho intramolecular Hbond substituents is 1. The molecule has 0 aliphatic carbocycles. The molecule has 0 spiro atoms. The van der Waals surface area contributed by atoms with Crippen molar-refractivity contribution in [3.8, 4) is 11.5 Å². The molecular weight excluding hydrogens is 360 g/mol. The molecule has 7 heteroatoms. The lowest BCUT2D eigenvalue weighted by atomic mass is 10.1. The van der Waals surface area contributed by atoms with Gasteiger partial charge in [0.25, 0.3) is 5.91 Å². The zero-order chi connectivity index (χ0) is 19.9. The number of hydrazone groups is 1. The summed E-state index contributed by atoms with van der Waals surface area (Å²) in [6, 6.07) is 14.3. The van der Waals surface area contributed by atoms with Crippen LogP contribution in [0.3, 0.4) is 0 Å². The summed E-state index contributed by atoms with van der Waals surface area (Å²) < 4.78 is 10.00. The molecule has 2 aromatic carbocycles. The van der Waals surface area contributed by atoms with Crippen molar-refractivity contribution in [2.75, 3.05) is 20.3 Å². The van der Waals surface area contributed by atoms with Gasteiger partial charge in [-0.1, -0.05) is 36.4 Å². The van der Waals surface area contributed by atoms with Crippen molar-refractivity contribution in [3.63, 3.8) is 0 Å². The minimum atomic E-state index is -0.646. The van der Waals surface area contributed by atoms with Gasteiger partial charge in [0, 0.05) is 12.5 Å². The van der Waals surface area contributed by atoms with Crippen molar-refractivity contribution < 1.29 is 24.2 Å². The maximum absolute atomic E-state index is 12.2. The molecule has 7 nitrogen and oxygen atoms in total. The highest BCUT2D eigenvalue weighted by atomic mass is 16.5. The summed E-state index contributed by atoms with van der Waals surface area (Å²) in [5.74, 6) is -0.716. The number of hydrogen-bond donors (Lipinski definition) is 1. The number of rotatable bonds is 6. The van der Waals surface area contributed by atoms with Crippen LogP contribution >= 0.6 is 0 Å². The number of ether oxygens (including phenoxy) is 2. The smallest absolute Gasteiger partial charge is 0.331 e. The molecule has 2 aromatic rings. The van der Waals surface area contributed by atoms with E-state index in [9.17, 15) is 14.7 Å². The largest absolute Gasteiger partial charge is 0.504 e. The molecule has 28 heavy (non-hydrogen) atoms. The topological polar surface area (TPSA) is 88.4 Å². The number of phenols is 1. The third-order valence-electron chi connectivity index (χ3n) is 4.15. The summed E-state index contributed by atoms with van der Waals surface area (Å²) in [6.07, 6.45) is 3.38. The highest BCUT2D eigenvalue weighted by molar-refractivity contribution is 6.02. The second-order valence-electron chi connectivity index (χ2n) is 6.05. The Morgan fingerprint density at radius 2 is 2.00 bits per heavy atom. The van der Waals surface area contributed by atoms with Crippen molar-refractivity contribution in [2.45, 2.75) is 6.42 Å². The van der Waals surface area contributed by atoms with Gasteiger partial charge in [-0.25, -0.2) is 9.80 Å². The van der Waals surface area contributed by atoms with E-state index in [0.717, 1.165) is 11.3 Å². The van der Waals surface area contributed by atoms with Gasteiger partial charge in [0.15, 0.2) is 18.1 Å². The Labute approximate surface area is 162 Å². The molecule has 1 heterocycles. The van der Waals surface area contributed by atoms with Crippen LogP contribution in [0.1, 0.15) is 17.5 Å². The Bertz CT molecular complexity index is 922. The number of amides is 1. The van der Waals surface area contributed by atoms with Gasteiger partial charge in [0.2, 0.25) is 0 Å². The van der Waals surface area contributed by atoms with Gasteiger partial charge in [-0.05, 0) is 29.3 Å². The molecular formula is C21H20N2O5. The van der Waals surface area contributed by atoms with Gasteiger partial charge in [-0.3, -0.25) is 4.79 Å². The second-order valence-corrected chi connectivity index (χ2v) is 6.05. The van der Waals surface area contributed by atoms with E-state index in [1.807, 2.05) is 30.3 Å². The maximum atomic E-state index is 12.2. The lowest BCUT2D eigenvalue weighted by molar-refractivity contribution is -0.147. The summed E-state index contributed by atoms with van der Waals surface area (Å²) in [7, 11) is 1.44. The number of benzene rings is 2. The van der Waals surface area contributed by atoms with Crippen LogP contribution in [-0.2, 0) is 14.3 Å². The van der Waals surface area contributed by atoms with E-state index in [-0.39, 0.29) is 18.3 Å². The minimum Gasteiger partial charge on any atom is -0.504 e. The van der Waals surface area contributed by atoms with Gasteiger partial charge in [-0.15, -0.1) is 0 Å². The first-order chi connectivity index (χ1) is 13.6. The van der Waals surface area contributed by atoms with Crippen LogP contribution in [0, 0.1) is 0 Å². The fourth-order valence-electron chi connectivity index (χ4n) is 2.69. The number of methoxy groups -OCH3 is 1. The highest BCUT2D eigenvalue weighted by Gasteiger charge is 2.22. The SMILES string of the molecule is COc1cc(/C=C/C(=O)OCC(=O)N2CCC(c3ccccc3)=N2)ccc1O. The monoisotopic (exact) mass is 380 g/mol. The van der Waals surface area contributed by atoms with E-state index < -0.39 is 5.97 Å². The van der Waals surface area contributed by atoms with Crippen molar-refractivity contribution in [3.05, 3.63) is 65.7 Å². The third-order valence-corrected chi connectivity index (χ3v) is 4.15. The molecule has 1 amide bonds. The molecule has 0 fully saturated rings. The van der Waals surface area contributed by atoms with E-state index in [2.05, 4.69) is 5.10 Å². The van der Waals surface area contributed by atoms with Crippen molar-refractivity contribution >= 4 is 23.7 Å². The van der Waals surface area contributed by atoms with Crippen LogP contribution in [0.5, 0.6) is 11.5 Å². The number of carbonyl (C=O) groups is 2. The van der Waals surface area contributed by atoms with Gasteiger partial charge in [0.05, 0.1) is 19.4 Å². The van der Waals surface area contributed by atoms with Gasteiger partial charge >= 0.3 is 5.97 Å². The maximum Gasteiger partial charge on any atom is 0.331 e. The number of aromatic hydroxyl groups is 1. The minimum absolute atomic E-state index is 0.00821. The van der Waals surface area contributed by atoms with Crippen LogP contribution in [-0.4, -0.2) is 48.0 Å². The predicted molar refractivity (Wildman–Crippen MR) is 104 cm³/mol. The Hall–Kier alpha value is -3.61. The normalized spacial score (nSPS) is 13.5. The van der Waals surface area contributed by atoms with E-state index in [4.69, 9.17) is 9.47 Å². The molecule has 1 aliphatic rings. The van der Waals surface area contributed by atoms with Crippen LogP contribution in [0.2, 0.25) is 0 Å². The number of hydrogen-bond acceptors (Lipinski definition) is 6. The summed E-state index contributed by atoms with van der Waals surface area (Å²) >= 11 is 0. The van der Waals surface area contributed by atoms with E-state index >= 15 is 0 Å². The average molecular weight is 380 g/mol. The van der Waals surface area contributed by atoms with Crippen molar-refractivity contribution in [1.82, 2.24) is 5.01 Å². The molecule has 0 radical (unpaired) electrons. The Morgan fingerprint density at radius 3 is 2.75 bits per heavy atom. The van der Waals surface area contributed by atoms with E-state index in [0.29, 0.717) is 24.3 Å². The van der Waals surface area contributed by atoms with E-state index in [1.165, 1.54) is 30.3 Å². The highest BCUT2D eigenvalue weighted by Crippen LogP contribution is 2.26. The molecule has 144 valence electrons. The first kappa shape index (κ1) is 19.2. The number of nitrogens with zero attached hydrogens (tertiary/aromatic N) is 2. The molecule has 0 bridgehead atoms. The Morgan fingerprint density at radius 1 is 1.21 bits per heavy atom. The zero-order valence-corrected chi connectivity index (χ0v) is 15.4. The summed E-state index contributed by atoms with van der Waals surface area (Å²) in [6.45, 7) is 0.0807. The molecule has 0 atom stereocenters. The van der Waals surface area contributed by atoms with Crippen molar-refractivity contribution in [2.24, 2.45) is 5.10 Å². The van der Waals surface area contributed by atoms with E-state index in [1.54, 1.807) is 12.1 Å². The number of esters is 1. The van der Waals surface area contributed by atoms with Crippen molar-refractivity contribution in [1.29, 1.82) is 0 Å². The fourth-order valence-corrected chi connectivity index (χ4v) is 2.69. The van der Waals surface area contributed by atoms with Crippen LogP contribution in [0.4, 0.5) is 0 Å². The van der Waals surface area contributed by atoms with Crippen LogP contribution < -0.4 is 4.74 Å². The summed E-state index contributed by atoms with van der Waals surface area (Å²) in [5, 5.41) is 15.2. The predicted octanol–water partition coefficient (Wildman–Crippen LogP) is 2.59. The van der Waals surface area contributed by atoms with Crippen LogP contribution in [0.25, 0.3) is 6.08 Å². The summed E-state index contributed by atoms with van der Waals surface area (Å²) in [5.41, 5.74) is 2.46. The first-order valence-corrected chi connectivity index (χ1v) is 8.72. The quantitative estimate of drug-likeness (QED) is 0.615. The Balaban J connectivity index is 1.52. The molecule has 3 rings (SSSR count). The van der Waals surface area contributed by atoms with Gasteiger partial charge in [-0.2, -0.15) is 5.10 Å². The molecule has 1 aliphatic heterocycles. The standard InChI is InChI=1S/C21H20N2O5/c1-27-19-13-15(7-9-18(19)24)8-10-21(26)28-14-20(25)23-12-11-17(22-23)16-5-3-2-4-6-16/h2-10,13,24H,11-12,14H2,1H3/b10-8+. The number of carbonyl (C=O) groups excluding carboxylic acids is 2. The third kappa shape index (κ3) is 4.76. The summed E-state index contributed by atoms with van der Waals surface area (Å²) in [4.78, 5) is 24.0. The molecule has 0 aromatic heterocycles. The fraction of sp³-hybridized carbons (Fsp3) is 0.190. The lowest BCUT2D eigenvalue weighted by Crippen LogP contribution is -2.28. The van der Waals surface area contributed by atoms with Gasteiger partial charge in [0.1, 0.15) is 0 Å². The first-order valence-electron chi connectivity index (χ1n) is 8.72. The molecule has 0 saturated heterocycles. The average Bonchev–Trinajstić information content (AvgIpc) is 3.22. The molecule has 1 N–H and O–H groups in total. The lowest BCUT2D eigenvalue weighted by Gasteiger charge is -2.10. The van der Waals surface area contributed by atoms with Gasteiger partial charge < -0.3 is 14.6 Å². The molecule has 0 saturated carbocycles. The van der Waals surface area contributed by atoms with Crippen LogP contribution in [0.15, 0.2) is 59.7 Å². The second kappa shape index (κ2) is 8.85.